The van der Waals surface area contributed by atoms with E-state index in [9.17, 15) is 0 Å². The highest BCUT2D eigenvalue weighted by molar-refractivity contribution is 7.99. The molecule has 0 atom stereocenters. The Labute approximate surface area is 97.2 Å². The third kappa shape index (κ3) is 4.29. The van der Waals surface area contributed by atoms with Crippen LogP contribution in [0.15, 0.2) is 6.07 Å². The van der Waals surface area contributed by atoms with Crippen molar-refractivity contribution in [1.82, 2.24) is 10.2 Å². The van der Waals surface area contributed by atoms with Crippen LogP contribution >= 0.6 is 11.8 Å². The summed E-state index contributed by atoms with van der Waals surface area (Å²) in [5.74, 6) is 1.01. The summed E-state index contributed by atoms with van der Waals surface area (Å²) < 4.78 is 0.313. The molecule has 1 N–H and O–H groups in total. The predicted molar refractivity (Wildman–Crippen MR) is 68.3 cm³/mol. The van der Waals surface area contributed by atoms with Crippen LogP contribution < -0.4 is 0 Å². The molecule has 0 saturated carbocycles. The third-order valence-electron chi connectivity index (χ3n) is 2.06. The summed E-state index contributed by atoms with van der Waals surface area (Å²) in [6.45, 7) is 13.3. The van der Waals surface area contributed by atoms with Gasteiger partial charge in [-0.2, -0.15) is 5.10 Å². The van der Waals surface area contributed by atoms with Crippen molar-refractivity contribution < 1.29 is 0 Å². The summed E-state index contributed by atoms with van der Waals surface area (Å²) in [6.07, 6.45) is 0. The second-order valence-corrected chi connectivity index (χ2v) is 7.73. The highest BCUT2D eigenvalue weighted by atomic mass is 32.2. The Morgan fingerprint density at radius 3 is 2.20 bits per heavy atom. The van der Waals surface area contributed by atoms with Crippen LogP contribution in [0, 0.1) is 0 Å². The van der Waals surface area contributed by atoms with Gasteiger partial charge in [-0.15, -0.1) is 11.8 Å². The van der Waals surface area contributed by atoms with Crippen LogP contribution in [0.25, 0.3) is 0 Å². The Balaban J connectivity index is 2.62. The van der Waals surface area contributed by atoms with E-state index in [1.807, 2.05) is 11.8 Å². The molecule has 15 heavy (non-hydrogen) atoms. The molecule has 0 aliphatic rings. The van der Waals surface area contributed by atoms with Gasteiger partial charge in [0.15, 0.2) is 0 Å². The van der Waals surface area contributed by atoms with Gasteiger partial charge in [-0.25, -0.2) is 0 Å². The molecule has 0 saturated heterocycles. The van der Waals surface area contributed by atoms with Crippen LogP contribution in [-0.2, 0) is 11.2 Å². The molecule has 0 amide bonds. The van der Waals surface area contributed by atoms with Crippen molar-refractivity contribution in [3.63, 3.8) is 0 Å². The van der Waals surface area contributed by atoms with Crippen LogP contribution in [0.3, 0.4) is 0 Å². The van der Waals surface area contributed by atoms with Gasteiger partial charge in [-0.05, 0) is 6.07 Å². The van der Waals surface area contributed by atoms with Crippen molar-refractivity contribution in [1.29, 1.82) is 0 Å². The molecule has 0 aromatic carbocycles. The van der Waals surface area contributed by atoms with Crippen molar-refractivity contribution in [2.75, 3.05) is 0 Å². The molecular weight excluding hydrogens is 204 g/mol. The highest BCUT2D eigenvalue weighted by Crippen LogP contribution is 2.28. The molecule has 0 aliphatic heterocycles. The molecule has 0 aliphatic carbocycles. The summed E-state index contributed by atoms with van der Waals surface area (Å²) in [5.41, 5.74) is 2.51. The fourth-order valence-corrected chi connectivity index (χ4v) is 1.85. The van der Waals surface area contributed by atoms with Crippen LogP contribution in [-0.4, -0.2) is 14.9 Å². The predicted octanol–water partition coefficient (Wildman–Crippen LogP) is 3.74. The average Bonchev–Trinajstić information content (AvgIpc) is 2.45. The first kappa shape index (κ1) is 12.6. The van der Waals surface area contributed by atoms with Crippen LogP contribution in [0.2, 0.25) is 0 Å². The zero-order valence-electron chi connectivity index (χ0n) is 10.6. The van der Waals surface area contributed by atoms with E-state index in [2.05, 4.69) is 57.8 Å². The number of aromatic amines is 1. The Morgan fingerprint density at radius 1 is 1.20 bits per heavy atom. The molecule has 2 nitrogen and oxygen atoms in total. The van der Waals surface area contributed by atoms with Crippen LogP contribution in [0.5, 0.6) is 0 Å². The molecular formula is C12H22N2S. The molecule has 0 unspecified atom stereocenters. The quantitative estimate of drug-likeness (QED) is 0.832. The van der Waals surface area contributed by atoms with Crippen molar-refractivity contribution in [3.8, 4) is 0 Å². The lowest BCUT2D eigenvalue weighted by molar-refractivity contribution is 0.567. The van der Waals surface area contributed by atoms with Crippen LogP contribution in [0.1, 0.15) is 52.9 Å². The standard InChI is InChI=1S/C12H22N2S/c1-11(2,3)10-7-9(13-14-10)8-15-12(4,5)6/h7H,8H2,1-6H3,(H,13,14). The van der Waals surface area contributed by atoms with Gasteiger partial charge in [0.2, 0.25) is 0 Å². The maximum absolute atomic E-state index is 4.35. The SMILES string of the molecule is CC(C)(C)SCc1cc(C(C)(C)C)n[nH]1. The first-order valence-electron chi connectivity index (χ1n) is 5.37. The first-order chi connectivity index (χ1) is 6.68. The third-order valence-corrected chi connectivity index (χ3v) is 3.38. The summed E-state index contributed by atoms with van der Waals surface area (Å²) in [5, 5.41) is 7.46. The van der Waals surface area contributed by atoms with Crippen molar-refractivity contribution in [2.24, 2.45) is 0 Å². The molecule has 0 bridgehead atoms. The Bertz CT molecular complexity index is 315. The maximum atomic E-state index is 4.35. The molecule has 1 rings (SSSR count). The summed E-state index contributed by atoms with van der Waals surface area (Å²) in [7, 11) is 0. The van der Waals surface area contributed by atoms with Crippen molar-refractivity contribution in [3.05, 3.63) is 17.5 Å². The van der Waals surface area contributed by atoms with Crippen LogP contribution in [0.4, 0.5) is 0 Å². The number of hydrogen-bond donors (Lipinski definition) is 1. The molecule has 0 radical (unpaired) electrons. The zero-order valence-corrected chi connectivity index (χ0v) is 11.5. The first-order valence-corrected chi connectivity index (χ1v) is 6.36. The minimum Gasteiger partial charge on any atom is -0.281 e. The van der Waals surface area contributed by atoms with E-state index in [1.165, 1.54) is 5.69 Å². The minimum atomic E-state index is 0.140. The Morgan fingerprint density at radius 2 is 1.80 bits per heavy atom. The normalized spacial score (nSPS) is 13.2. The van der Waals surface area contributed by atoms with E-state index in [0.29, 0.717) is 4.75 Å². The molecule has 1 aromatic rings. The smallest absolute Gasteiger partial charge is 0.0678 e. The second kappa shape index (κ2) is 4.20. The molecule has 3 heteroatoms. The second-order valence-electron chi connectivity index (χ2n) is 5.93. The monoisotopic (exact) mass is 226 g/mol. The van der Waals surface area contributed by atoms with E-state index < -0.39 is 0 Å². The topological polar surface area (TPSA) is 28.7 Å². The number of nitrogens with one attached hydrogen (secondary N) is 1. The summed E-state index contributed by atoms with van der Waals surface area (Å²) in [4.78, 5) is 0. The van der Waals surface area contributed by atoms with Gasteiger partial charge < -0.3 is 0 Å². The molecule has 86 valence electrons. The van der Waals surface area contributed by atoms with Gasteiger partial charge >= 0.3 is 0 Å². The van der Waals surface area contributed by atoms with Gasteiger partial charge in [0.25, 0.3) is 0 Å². The van der Waals surface area contributed by atoms with E-state index >= 15 is 0 Å². The molecule has 1 aromatic heterocycles. The van der Waals surface area contributed by atoms with E-state index in [1.54, 1.807) is 0 Å². The highest BCUT2D eigenvalue weighted by Gasteiger charge is 2.18. The number of nitrogens with zero attached hydrogens (tertiary/aromatic N) is 1. The van der Waals surface area contributed by atoms with E-state index in [0.717, 1.165) is 11.4 Å². The van der Waals surface area contributed by atoms with Crippen molar-refractivity contribution in [2.45, 2.75) is 57.5 Å². The zero-order chi connectivity index (χ0) is 11.7. The maximum Gasteiger partial charge on any atom is 0.0678 e. The Kier molecular flexibility index (Phi) is 3.54. The number of thioether (sulfide) groups is 1. The largest absolute Gasteiger partial charge is 0.281 e. The molecule has 1 heterocycles. The van der Waals surface area contributed by atoms with Gasteiger partial charge in [-0.3, -0.25) is 5.10 Å². The van der Waals surface area contributed by atoms with E-state index in [-0.39, 0.29) is 5.41 Å². The lowest BCUT2D eigenvalue weighted by Gasteiger charge is -2.16. The molecule has 0 fully saturated rings. The summed E-state index contributed by atoms with van der Waals surface area (Å²) in [6, 6.07) is 2.18. The summed E-state index contributed by atoms with van der Waals surface area (Å²) >= 11 is 1.94. The number of hydrogen-bond acceptors (Lipinski definition) is 2. The van der Waals surface area contributed by atoms with Gasteiger partial charge in [0.05, 0.1) is 5.69 Å². The lowest BCUT2D eigenvalue weighted by atomic mass is 9.92. The van der Waals surface area contributed by atoms with E-state index in [4.69, 9.17) is 0 Å². The minimum absolute atomic E-state index is 0.140. The van der Waals surface area contributed by atoms with Gasteiger partial charge in [0, 0.05) is 21.6 Å². The number of aromatic nitrogens is 2. The lowest BCUT2D eigenvalue weighted by Crippen LogP contribution is -2.11. The fourth-order valence-electron chi connectivity index (χ4n) is 1.11. The number of rotatable bonds is 2. The Hall–Kier alpha value is -0.440. The molecule has 0 spiro atoms. The van der Waals surface area contributed by atoms with Crippen molar-refractivity contribution >= 4 is 11.8 Å². The number of H-pyrrole nitrogens is 1. The average molecular weight is 226 g/mol. The van der Waals surface area contributed by atoms with Gasteiger partial charge in [-0.1, -0.05) is 41.5 Å². The fraction of sp³-hybridized carbons (Fsp3) is 0.750. The van der Waals surface area contributed by atoms with Gasteiger partial charge in [0.1, 0.15) is 0 Å².